The molecule has 0 heterocycles. The fourth-order valence-corrected chi connectivity index (χ4v) is 2.94. The molecule has 1 aliphatic carbocycles. The van der Waals surface area contributed by atoms with Crippen LogP contribution in [0.4, 0.5) is 0 Å². The van der Waals surface area contributed by atoms with E-state index in [1.807, 2.05) is 18.2 Å². The van der Waals surface area contributed by atoms with Crippen LogP contribution in [0.15, 0.2) is 30.3 Å². The Morgan fingerprint density at radius 2 is 2.06 bits per heavy atom. The number of rotatable bonds is 5. The molecule has 0 aliphatic heterocycles. The highest BCUT2D eigenvalue weighted by atomic mass is 16.3. The van der Waals surface area contributed by atoms with Crippen molar-refractivity contribution in [1.82, 2.24) is 5.32 Å². The standard InChI is InChI=1S/C15H23NO/c1-2-12-9-6-10-14(12)16-15(11-17)13-7-4-3-5-8-13/h3-5,7-8,12,14-17H,2,6,9-11H2,1H3/t12?,14?,15-/m0/s1. The molecule has 1 aliphatic rings. The van der Waals surface area contributed by atoms with Gasteiger partial charge in [-0.2, -0.15) is 0 Å². The summed E-state index contributed by atoms with van der Waals surface area (Å²) in [6, 6.07) is 10.9. The smallest absolute Gasteiger partial charge is 0.0626 e. The second kappa shape index (κ2) is 6.18. The molecule has 0 saturated heterocycles. The minimum Gasteiger partial charge on any atom is -0.394 e. The van der Waals surface area contributed by atoms with Gasteiger partial charge in [0.25, 0.3) is 0 Å². The maximum absolute atomic E-state index is 9.54. The summed E-state index contributed by atoms with van der Waals surface area (Å²) in [6.07, 6.45) is 5.15. The van der Waals surface area contributed by atoms with Crippen LogP contribution in [-0.4, -0.2) is 17.8 Å². The van der Waals surface area contributed by atoms with Gasteiger partial charge >= 0.3 is 0 Å². The second-order valence-corrected chi connectivity index (χ2v) is 5.02. The predicted molar refractivity (Wildman–Crippen MR) is 70.8 cm³/mol. The zero-order chi connectivity index (χ0) is 12.1. The normalized spacial score (nSPS) is 26.0. The van der Waals surface area contributed by atoms with Crippen LogP contribution in [-0.2, 0) is 0 Å². The van der Waals surface area contributed by atoms with Crippen molar-refractivity contribution in [2.45, 2.75) is 44.7 Å². The first-order valence-electron chi connectivity index (χ1n) is 6.77. The van der Waals surface area contributed by atoms with Gasteiger partial charge in [-0.25, -0.2) is 0 Å². The number of nitrogens with one attached hydrogen (secondary N) is 1. The fourth-order valence-electron chi connectivity index (χ4n) is 2.94. The van der Waals surface area contributed by atoms with Gasteiger partial charge in [0.15, 0.2) is 0 Å². The average molecular weight is 233 g/mol. The summed E-state index contributed by atoms with van der Waals surface area (Å²) in [5.74, 6) is 0.785. The lowest BCUT2D eigenvalue weighted by Gasteiger charge is -2.25. The summed E-state index contributed by atoms with van der Waals surface area (Å²) in [5.41, 5.74) is 1.19. The second-order valence-electron chi connectivity index (χ2n) is 5.02. The van der Waals surface area contributed by atoms with Crippen molar-refractivity contribution in [3.05, 3.63) is 35.9 Å². The third-order valence-electron chi connectivity index (χ3n) is 3.98. The molecule has 2 heteroatoms. The van der Waals surface area contributed by atoms with E-state index in [4.69, 9.17) is 0 Å². The summed E-state index contributed by atoms with van der Waals surface area (Å²) in [7, 11) is 0. The molecule has 2 rings (SSSR count). The first kappa shape index (κ1) is 12.6. The molecule has 0 spiro atoms. The van der Waals surface area contributed by atoms with Crippen LogP contribution in [0.5, 0.6) is 0 Å². The van der Waals surface area contributed by atoms with E-state index in [-0.39, 0.29) is 12.6 Å². The van der Waals surface area contributed by atoms with Crippen molar-refractivity contribution in [3.8, 4) is 0 Å². The van der Waals surface area contributed by atoms with Crippen molar-refractivity contribution >= 4 is 0 Å². The van der Waals surface area contributed by atoms with Gasteiger partial charge < -0.3 is 10.4 Å². The van der Waals surface area contributed by atoms with Crippen molar-refractivity contribution < 1.29 is 5.11 Å². The summed E-state index contributed by atoms with van der Waals surface area (Å²) in [5, 5.41) is 13.2. The third-order valence-corrected chi connectivity index (χ3v) is 3.98. The molecule has 3 atom stereocenters. The fraction of sp³-hybridized carbons (Fsp3) is 0.600. The maximum atomic E-state index is 9.54. The van der Waals surface area contributed by atoms with Crippen molar-refractivity contribution in [2.24, 2.45) is 5.92 Å². The molecule has 0 radical (unpaired) electrons. The molecule has 0 bridgehead atoms. The Balaban J connectivity index is 2.00. The lowest BCUT2D eigenvalue weighted by molar-refractivity contribution is 0.221. The minimum absolute atomic E-state index is 0.0911. The lowest BCUT2D eigenvalue weighted by atomic mass is 9.98. The molecule has 94 valence electrons. The monoisotopic (exact) mass is 233 g/mol. The summed E-state index contributed by atoms with van der Waals surface area (Å²) in [4.78, 5) is 0. The molecule has 2 nitrogen and oxygen atoms in total. The predicted octanol–water partition coefficient (Wildman–Crippen LogP) is 2.89. The number of aliphatic hydroxyl groups excluding tert-OH is 1. The summed E-state index contributed by atoms with van der Waals surface area (Å²) in [6.45, 7) is 2.44. The van der Waals surface area contributed by atoms with Crippen LogP contribution in [0.3, 0.4) is 0 Å². The van der Waals surface area contributed by atoms with Crippen LogP contribution in [0.2, 0.25) is 0 Å². The van der Waals surface area contributed by atoms with Crippen molar-refractivity contribution in [3.63, 3.8) is 0 Å². The van der Waals surface area contributed by atoms with Crippen LogP contribution >= 0.6 is 0 Å². The Labute approximate surface area is 104 Å². The first-order chi connectivity index (χ1) is 8.35. The Morgan fingerprint density at radius 3 is 2.71 bits per heavy atom. The van der Waals surface area contributed by atoms with Crippen LogP contribution in [0, 0.1) is 5.92 Å². The molecule has 2 N–H and O–H groups in total. The molecule has 1 fully saturated rings. The van der Waals surface area contributed by atoms with Crippen LogP contribution < -0.4 is 5.32 Å². The van der Waals surface area contributed by atoms with Gasteiger partial charge in [0.05, 0.1) is 12.6 Å². The van der Waals surface area contributed by atoms with Crippen LogP contribution in [0.25, 0.3) is 0 Å². The van der Waals surface area contributed by atoms with Crippen molar-refractivity contribution in [1.29, 1.82) is 0 Å². The molecular formula is C15H23NO. The minimum atomic E-state index is 0.0911. The highest BCUT2D eigenvalue weighted by Gasteiger charge is 2.27. The molecule has 1 saturated carbocycles. The molecular weight excluding hydrogens is 210 g/mol. The molecule has 0 amide bonds. The van der Waals surface area contributed by atoms with Gasteiger partial charge in [0.1, 0.15) is 0 Å². The highest BCUT2D eigenvalue weighted by molar-refractivity contribution is 5.19. The van der Waals surface area contributed by atoms with Gasteiger partial charge in [0, 0.05) is 6.04 Å². The van der Waals surface area contributed by atoms with E-state index in [1.165, 1.54) is 31.2 Å². The van der Waals surface area contributed by atoms with Gasteiger partial charge in [-0.3, -0.25) is 0 Å². The molecule has 1 aromatic rings. The Morgan fingerprint density at radius 1 is 1.29 bits per heavy atom. The van der Waals surface area contributed by atoms with Gasteiger partial charge in [-0.1, -0.05) is 50.1 Å². The lowest BCUT2D eigenvalue weighted by Crippen LogP contribution is -2.37. The zero-order valence-corrected chi connectivity index (χ0v) is 10.6. The number of hydrogen-bond donors (Lipinski definition) is 2. The van der Waals surface area contributed by atoms with E-state index >= 15 is 0 Å². The number of benzene rings is 1. The van der Waals surface area contributed by atoms with Gasteiger partial charge in [-0.15, -0.1) is 0 Å². The highest BCUT2D eigenvalue weighted by Crippen LogP contribution is 2.30. The summed E-state index contributed by atoms with van der Waals surface area (Å²) >= 11 is 0. The van der Waals surface area contributed by atoms with E-state index < -0.39 is 0 Å². The van der Waals surface area contributed by atoms with E-state index in [0.717, 1.165) is 5.92 Å². The third kappa shape index (κ3) is 3.08. The molecule has 2 unspecified atom stereocenters. The SMILES string of the molecule is CCC1CCCC1N[C@@H](CO)c1ccccc1. The molecule has 1 aromatic carbocycles. The molecule has 17 heavy (non-hydrogen) atoms. The zero-order valence-electron chi connectivity index (χ0n) is 10.6. The largest absolute Gasteiger partial charge is 0.394 e. The Kier molecular flexibility index (Phi) is 4.57. The quantitative estimate of drug-likeness (QED) is 0.819. The Hall–Kier alpha value is -0.860. The van der Waals surface area contributed by atoms with E-state index in [0.29, 0.717) is 6.04 Å². The van der Waals surface area contributed by atoms with E-state index in [1.54, 1.807) is 0 Å². The summed E-state index contributed by atoms with van der Waals surface area (Å²) < 4.78 is 0. The van der Waals surface area contributed by atoms with Gasteiger partial charge in [0.2, 0.25) is 0 Å². The van der Waals surface area contributed by atoms with E-state index in [2.05, 4.69) is 24.4 Å². The van der Waals surface area contributed by atoms with E-state index in [9.17, 15) is 5.11 Å². The first-order valence-corrected chi connectivity index (χ1v) is 6.77. The molecule has 0 aromatic heterocycles. The average Bonchev–Trinajstić information content (AvgIpc) is 2.84. The topological polar surface area (TPSA) is 32.3 Å². The van der Waals surface area contributed by atoms with Gasteiger partial charge in [-0.05, 0) is 24.3 Å². The number of aliphatic hydroxyl groups is 1. The number of hydrogen-bond acceptors (Lipinski definition) is 2. The van der Waals surface area contributed by atoms with Crippen LogP contribution in [0.1, 0.15) is 44.2 Å². The maximum Gasteiger partial charge on any atom is 0.0626 e. The Bertz CT molecular complexity index is 325. The van der Waals surface area contributed by atoms with Crippen molar-refractivity contribution in [2.75, 3.05) is 6.61 Å².